The number of hydrogen-bond acceptors (Lipinski definition) is 5. The molecule has 1 heterocycles. The van der Waals surface area contributed by atoms with Gasteiger partial charge in [0.25, 0.3) is 10.0 Å². The van der Waals surface area contributed by atoms with Crippen LogP contribution in [0.2, 0.25) is 4.47 Å². The van der Waals surface area contributed by atoms with Gasteiger partial charge in [-0.25, -0.2) is 18.1 Å². The fourth-order valence-corrected chi connectivity index (χ4v) is 5.60. The Labute approximate surface area is 134 Å². The van der Waals surface area contributed by atoms with Gasteiger partial charge in [-0.05, 0) is 38.5 Å². The summed E-state index contributed by atoms with van der Waals surface area (Å²) in [4.78, 5) is 3.91. The molecule has 0 aromatic carbocycles. The third-order valence-corrected chi connectivity index (χ3v) is 7.45. The molecule has 0 spiro atoms. The van der Waals surface area contributed by atoms with Crippen molar-refractivity contribution in [2.24, 2.45) is 5.92 Å². The Morgan fingerprint density at radius 2 is 2.10 bits per heavy atom. The van der Waals surface area contributed by atoms with Crippen molar-refractivity contribution in [3.63, 3.8) is 0 Å². The van der Waals surface area contributed by atoms with E-state index in [1.807, 2.05) is 0 Å². The van der Waals surface area contributed by atoms with Crippen LogP contribution in [-0.4, -0.2) is 30.7 Å². The molecule has 0 saturated heterocycles. The smallest absolute Gasteiger partial charge is 0.252 e. The summed E-state index contributed by atoms with van der Waals surface area (Å²) in [5.41, 5.74) is -0.555. The molecule has 0 amide bonds. The second-order valence-corrected chi connectivity index (χ2v) is 9.28. The number of thiazole rings is 1. The van der Waals surface area contributed by atoms with Crippen molar-refractivity contribution in [1.82, 2.24) is 9.71 Å². The van der Waals surface area contributed by atoms with E-state index in [2.05, 4.69) is 16.6 Å². The first-order valence-electron chi connectivity index (χ1n) is 7.11. The van der Waals surface area contributed by atoms with Crippen molar-refractivity contribution in [1.29, 1.82) is 0 Å². The molecular formula is C13H21ClN2O3S2. The Bertz CT molecular complexity index is 593. The average molecular weight is 353 g/mol. The second kappa shape index (κ2) is 6.50. The van der Waals surface area contributed by atoms with Crippen molar-refractivity contribution in [3.8, 4) is 0 Å². The summed E-state index contributed by atoms with van der Waals surface area (Å²) in [6.07, 6.45) is 4.27. The van der Waals surface area contributed by atoms with Crippen LogP contribution in [0.3, 0.4) is 0 Å². The molecule has 120 valence electrons. The molecule has 0 aliphatic heterocycles. The van der Waals surface area contributed by atoms with Gasteiger partial charge in [0.1, 0.15) is 0 Å². The van der Waals surface area contributed by atoms with Gasteiger partial charge < -0.3 is 5.11 Å². The number of nitrogens with one attached hydrogen (secondary N) is 1. The molecule has 0 bridgehead atoms. The predicted octanol–water partition coefficient (Wildman–Crippen LogP) is 2.71. The van der Waals surface area contributed by atoms with Crippen LogP contribution in [0.4, 0.5) is 0 Å². The highest BCUT2D eigenvalue weighted by Gasteiger charge is 2.34. The maximum atomic E-state index is 12.3. The van der Waals surface area contributed by atoms with Crippen LogP contribution in [0, 0.1) is 12.8 Å². The number of sulfonamides is 1. The van der Waals surface area contributed by atoms with Gasteiger partial charge in [0.05, 0.1) is 11.3 Å². The van der Waals surface area contributed by atoms with Gasteiger partial charge in [0.2, 0.25) is 0 Å². The molecule has 8 heteroatoms. The SMILES string of the molecule is CCC1CCC(O)(CNS(=O)(=O)c2sc(Cl)nc2C)CC1. The molecule has 0 unspecified atom stereocenters. The lowest BCUT2D eigenvalue weighted by molar-refractivity contribution is -0.00442. The first-order chi connectivity index (χ1) is 9.76. The van der Waals surface area contributed by atoms with Gasteiger partial charge in [0.15, 0.2) is 8.68 Å². The summed E-state index contributed by atoms with van der Waals surface area (Å²) < 4.78 is 27.4. The Hall–Kier alpha value is -0.210. The van der Waals surface area contributed by atoms with Crippen LogP contribution in [0.25, 0.3) is 0 Å². The molecular weight excluding hydrogens is 332 g/mol. The summed E-state index contributed by atoms with van der Waals surface area (Å²) in [6.45, 7) is 3.80. The molecule has 1 aliphatic carbocycles. The topological polar surface area (TPSA) is 79.3 Å². The molecule has 1 fully saturated rings. The van der Waals surface area contributed by atoms with Crippen molar-refractivity contribution in [2.45, 2.75) is 55.8 Å². The predicted molar refractivity (Wildman–Crippen MR) is 84.2 cm³/mol. The maximum absolute atomic E-state index is 12.3. The summed E-state index contributed by atoms with van der Waals surface area (Å²) in [7, 11) is -3.67. The lowest BCUT2D eigenvalue weighted by atomic mass is 9.78. The number of aliphatic hydroxyl groups is 1. The highest BCUT2D eigenvalue weighted by atomic mass is 35.5. The zero-order valence-corrected chi connectivity index (χ0v) is 14.6. The van der Waals surface area contributed by atoms with Gasteiger partial charge >= 0.3 is 0 Å². The van der Waals surface area contributed by atoms with Gasteiger partial charge in [-0.1, -0.05) is 36.3 Å². The number of nitrogens with zero attached hydrogens (tertiary/aromatic N) is 1. The van der Waals surface area contributed by atoms with Crippen LogP contribution in [0.5, 0.6) is 0 Å². The normalized spacial score (nSPS) is 27.0. The second-order valence-electron chi connectivity index (χ2n) is 5.74. The molecule has 0 radical (unpaired) electrons. The minimum atomic E-state index is -3.67. The highest BCUT2D eigenvalue weighted by molar-refractivity contribution is 7.91. The van der Waals surface area contributed by atoms with Gasteiger partial charge in [-0.15, -0.1) is 0 Å². The van der Waals surface area contributed by atoms with Gasteiger partial charge in [-0.2, -0.15) is 0 Å². The van der Waals surface area contributed by atoms with E-state index in [-0.39, 0.29) is 15.2 Å². The van der Waals surface area contributed by atoms with E-state index in [1.165, 1.54) is 0 Å². The van der Waals surface area contributed by atoms with Crippen molar-refractivity contribution in [3.05, 3.63) is 10.2 Å². The van der Waals surface area contributed by atoms with E-state index in [4.69, 9.17) is 11.6 Å². The van der Waals surface area contributed by atoms with Gasteiger partial charge in [-0.3, -0.25) is 0 Å². The van der Waals surface area contributed by atoms with E-state index in [0.29, 0.717) is 24.5 Å². The third kappa shape index (κ3) is 4.16. The fraction of sp³-hybridized carbons (Fsp3) is 0.769. The molecule has 2 N–H and O–H groups in total. The minimum Gasteiger partial charge on any atom is -0.389 e. The number of hydrogen-bond donors (Lipinski definition) is 2. The van der Waals surface area contributed by atoms with Crippen LogP contribution in [-0.2, 0) is 10.0 Å². The molecule has 1 aromatic rings. The molecule has 1 saturated carbocycles. The average Bonchev–Trinajstić information content (AvgIpc) is 2.78. The standard InChI is InChI=1S/C13H21ClN2O3S2/c1-3-10-4-6-13(17,7-5-10)8-15-21(18,19)11-9(2)16-12(14)20-11/h10,15,17H,3-8H2,1-2H3. The Balaban J connectivity index is 2.00. The molecule has 1 aliphatic rings. The fourth-order valence-electron chi connectivity index (χ4n) is 2.69. The zero-order valence-electron chi connectivity index (χ0n) is 12.2. The number of rotatable bonds is 5. The Morgan fingerprint density at radius 1 is 1.48 bits per heavy atom. The lowest BCUT2D eigenvalue weighted by Gasteiger charge is -2.35. The van der Waals surface area contributed by atoms with Crippen LogP contribution in [0.15, 0.2) is 4.21 Å². The maximum Gasteiger partial charge on any atom is 0.252 e. The highest BCUT2D eigenvalue weighted by Crippen LogP contribution is 2.34. The van der Waals surface area contributed by atoms with E-state index < -0.39 is 15.6 Å². The largest absolute Gasteiger partial charge is 0.389 e. The zero-order chi connectivity index (χ0) is 15.7. The lowest BCUT2D eigenvalue weighted by Crippen LogP contribution is -2.45. The summed E-state index contributed by atoms with van der Waals surface area (Å²) in [6, 6.07) is 0. The molecule has 0 atom stereocenters. The Morgan fingerprint density at radius 3 is 2.57 bits per heavy atom. The minimum absolute atomic E-state index is 0.0424. The molecule has 5 nitrogen and oxygen atoms in total. The van der Waals surface area contributed by atoms with Crippen molar-refractivity contribution in [2.75, 3.05) is 6.54 Å². The molecule has 2 rings (SSSR count). The third-order valence-electron chi connectivity index (χ3n) is 4.18. The quantitative estimate of drug-likeness (QED) is 0.853. The Kier molecular flexibility index (Phi) is 5.31. The van der Waals surface area contributed by atoms with E-state index in [1.54, 1.807) is 6.92 Å². The molecule has 1 aromatic heterocycles. The summed E-state index contributed by atoms with van der Waals surface area (Å²) >= 11 is 6.68. The van der Waals surface area contributed by atoms with Crippen molar-refractivity contribution < 1.29 is 13.5 Å². The first kappa shape index (κ1) is 17.1. The van der Waals surface area contributed by atoms with Crippen LogP contribution in [0.1, 0.15) is 44.7 Å². The molecule has 21 heavy (non-hydrogen) atoms. The van der Waals surface area contributed by atoms with Crippen molar-refractivity contribution >= 4 is 33.0 Å². The summed E-state index contributed by atoms with van der Waals surface area (Å²) in [5, 5.41) is 10.5. The van der Waals surface area contributed by atoms with E-state index >= 15 is 0 Å². The monoisotopic (exact) mass is 352 g/mol. The number of aromatic nitrogens is 1. The van der Waals surface area contributed by atoms with E-state index in [0.717, 1.165) is 30.6 Å². The van der Waals surface area contributed by atoms with Crippen LogP contribution >= 0.6 is 22.9 Å². The number of aryl methyl sites for hydroxylation is 1. The van der Waals surface area contributed by atoms with E-state index in [9.17, 15) is 13.5 Å². The first-order valence-corrected chi connectivity index (χ1v) is 9.78. The summed E-state index contributed by atoms with van der Waals surface area (Å²) in [5.74, 6) is 0.643. The van der Waals surface area contributed by atoms with Crippen LogP contribution < -0.4 is 4.72 Å². The number of halogens is 1. The van der Waals surface area contributed by atoms with Gasteiger partial charge in [0, 0.05) is 6.54 Å².